The summed E-state index contributed by atoms with van der Waals surface area (Å²) >= 11 is 0. The van der Waals surface area contributed by atoms with E-state index in [9.17, 15) is 18.3 Å². The summed E-state index contributed by atoms with van der Waals surface area (Å²) in [4.78, 5) is 18.1. The Balaban J connectivity index is 1.56. The number of likely N-dealkylation sites (N-methyl/N-ethyl adjacent to an activating group) is 1. The molecule has 2 heterocycles. The number of hydrogen-bond donors (Lipinski definition) is 2. The molecule has 0 amide bonds. The maximum Gasteiger partial charge on any atom is 0.252 e. The van der Waals surface area contributed by atoms with Gasteiger partial charge in [0.2, 0.25) is 10.0 Å². The fourth-order valence-electron chi connectivity index (χ4n) is 5.10. The lowest BCUT2D eigenvalue weighted by Gasteiger charge is -2.35. The van der Waals surface area contributed by atoms with Gasteiger partial charge in [-0.3, -0.25) is 4.79 Å². The van der Waals surface area contributed by atoms with Gasteiger partial charge in [0.1, 0.15) is 12.4 Å². The van der Waals surface area contributed by atoms with Crippen LogP contribution in [0.25, 0.3) is 10.9 Å². The van der Waals surface area contributed by atoms with E-state index in [0.717, 1.165) is 28.7 Å². The lowest BCUT2D eigenvalue weighted by atomic mass is 9.93. The lowest BCUT2D eigenvalue weighted by molar-refractivity contribution is 0.0981. The molecule has 35 heavy (non-hydrogen) atoms. The summed E-state index contributed by atoms with van der Waals surface area (Å²) in [6.45, 7) is 3.11. The lowest BCUT2D eigenvalue weighted by Crippen LogP contribution is -2.43. The molecule has 2 aliphatic rings. The van der Waals surface area contributed by atoms with Crippen molar-refractivity contribution in [2.45, 2.75) is 56.2 Å². The second-order valence-electron chi connectivity index (χ2n) is 9.57. The number of rotatable bonds is 5. The van der Waals surface area contributed by atoms with Crippen LogP contribution in [0.1, 0.15) is 36.8 Å². The Morgan fingerprint density at radius 2 is 1.91 bits per heavy atom. The van der Waals surface area contributed by atoms with Crippen LogP contribution in [0.3, 0.4) is 0 Å². The van der Waals surface area contributed by atoms with Crippen molar-refractivity contribution in [3.8, 4) is 5.75 Å². The summed E-state index contributed by atoms with van der Waals surface area (Å²) in [5, 5.41) is 10.9. The molecule has 0 atom stereocenters. The number of aromatic nitrogens is 1. The van der Waals surface area contributed by atoms with Crippen molar-refractivity contribution in [3.63, 3.8) is 0 Å². The summed E-state index contributed by atoms with van der Waals surface area (Å²) in [5.74, 6) is 0.540. The smallest absolute Gasteiger partial charge is 0.252 e. The zero-order valence-corrected chi connectivity index (χ0v) is 20.8. The van der Waals surface area contributed by atoms with E-state index in [-0.39, 0.29) is 23.0 Å². The van der Waals surface area contributed by atoms with Gasteiger partial charge in [-0.15, -0.1) is 0 Å². The minimum absolute atomic E-state index is 0.0415. The number of nitrogens with one attached hydrogen (secondary N) is 1. The Hall–Kier alpha value is -2.88. The molecular weight excluding hydrogens is 466 g/mol. The molecule has 1 fully saturated rings. The first kappa shape index (κ1) is 23.8. The molecule has 0 unspecified atom stereocenters. The standard InChI is InChI=1S/C26H31N3O5S/c1-17-4-3-5-18-14-19(26(31)27-25(17)18)16-29(20-6-8-21(30)9-7-20)35(32,33)22-10-11-23-24(15-22)34-13-12-28(23)2/h3-5,10-11,14-15,20-21,30H,6-9,12-13,16H2,1-2H3,(H,27,31). The fourth-order valence-corrected chi connectivity index (χ4v) is 6.78. The van der Waals surface area contributed by atoms with Crippen LogP contribution >= 0.6 is 0 Å². The number of aliphatic hydroxyl groups excluding tert-OH is 1. The van der Waals surface area contributed by atoms with Crippen LogP contribution in [0.4, 0.5) is 5.69 Å². The highest BCUT2D eigenvalue weighted by Gasteiger charge is 2.35. The van der Waals surface area contributed by atoms with Gasteiger partial charge in [0.05, 0.1) is 28.7 Å². The molecule has 0 saturated heterocycles. The van der Waals surface area contributed by atoms with Gasteiger partial charge in [0.25, 0.3) is 5.56 Å². The van der Waals surface area contributed by atoms with Crippen molar-refractivity contribution >= 4 is 26.6 Å². The van der Waals surface area contributed by atoms with E-state index in [0.29, 0.717) is 43.6 Å². The quantitative estimate of drug-likeness (QED) is 0.561. The molecule has 2 aromatic carbocycles. The van der Waals surface area contributed by atoms with Crippen LogP contribution in [0, 0.1) is 6.92 Å². The Labute approximate surface area is 205 Å². The number of ether oxygens (including phenoxy) is 1. The topological polar surface area (TPSA) is 103 Å². The van der Waals surface area contributed by atoms with Crippen molar-refractivity contribution in [1.82, 2.24) is 9.29 Å². The number of para-hydroxylation sites is 1. The largest absolute Gasteiger partial charge is 0.490 e. The Morgan fingerprint density at radius 3 is 2.69 bits per heavy atom. The highest BCUT2D eigenvalue weighted by molar-refractivity contribution is 7.89. The van der Waals surface area contributed by atoms with E-state index in [1.54, 1.807) is 24.3 Å². The Kier molecular flexibility index (Phi) is 6.33. The van der Waals surface area contributed by atoms with Gasteiger partial charge in [-0.1, -0.05) is 18.2 Å². The molecular formula is C26H31N3O5S. The predicted octanol–water partition coefficient (Wildman–Crippen LogP) is 3.16. The van der Waals surface area contributed by atoms with Crippen molar-refractivity contribution in [2.75, 3.05) is 25.1 Å². The molecule has 0 bridgehead atoms. The number of H-pyrrole nitrogens is 1. The second-order valence-corrected chi connectivity index (χ2v) is 11.5. The molecule has 1 aliphatic heterocycles. The molecule has 0 radical (unpaired) electrons. The number of sulfonamides is 1. The number of pyridine rings is 1. The fraction of sp³-hybridized carbons (Fsp3) is 0.423. The van der Waals surface area contributed by atoms with E-state index in [2.05, 4.69) is 4.98 Å². The number of aliphatic hydroxyl groups is 1. The molecule has 1 saturated carbocycles. The third-order valence-corrected chi connectivity index (χ3v) is 9.09. The second kappa shape index (κ2) is 9.29. The Bertz CT molecular complexity index is 1410. The number of fused-ring (bicyclic) bond motifs is 2. The zero-order valence-electron chi connectivity index (χ0n) is 20.0. The minimum atomic E-state index is -3.95. The highest BCUT2D eigenvalue weighted by atomic mass is 32.2. The van der Waals surface area contributed by atoms with Crippen LogP contribution in [0.5, 0.6) is 5.75 Å². The summed E-state index contributed by atoms with van der Waals surface area (Å²) in [5.41, 5.74) is 2.66. The zero-order chi connectivity index (χ0) is 24.7. The molecule has 8 nitrogen and oxygen atoms in total. The van der Waals surface area contributed by atoms with Gasteiger partial charge in [-0.25, -0.2) is 8.42 Å². The van der Waals surface area contributed by atoms with Crippen molar-refractivity contribution < 1.29 is 18.3 Å². The van der Waals surface area contributed by atoms with Crippen LogP contribution in [-0.4, -0.2) is 55.2 Å². The molecule has 5 rings (SSSR count). The molecule has 9 heteroatoms. The number of anilines is 1. The molecule has 1 aliphatic carbocycles. The number of nitrogens with zero attached hydrogens (tertiary/aromatic N) is 2. The first-order valence-corrected chi connectivity index (χ1v) is 13.5. The molecule has 2 N–H and O–H groups in total. The van der Waals surface area contributed by atoms with Crippen molar-refractivity contribution in [1.29, 1.82) is 0 Å². The summed E-state index contributed by atoms with van der Waals surface area (Å²) < 4.78 is 35.2. The number of aromatic amines is 1. The highest BCUT2D eigenvalue weighted by Crippen LogP contribution is 2.36. The third kappa shape index (κ3) is 4.55. The van der Waals surface area contributed by atoms with Gasteiger partial charge in [-0.2, -0.15) is 4.31 Å². The van der Waals surface area contributed by atoms with Crippen molar-refractivity contribution in [3.05, 3.63) is 63.9 Å². The summed E-state index contributed by atoms with van der Waals surface area (Å²) in [6, 6.07) is 12.2. The minimum Gasteiger partial charge on any atom is -0.490 e. The Morgan fingerprint density at radius 1 is 1.14 bits per heavy atom. The molecule has 0 spiro atoms. The number of aryl methyl sites for hydroxylation is 1. The van der Waals surface area contributed by atoms with Crippen LogP contribution in [0.15, 0.2) is 52.2 Å². The van der Waals surface area contributed by atoms with E-state index >= 15 is 0 Å². The normalized spacial score (nSPS) is 20.6. The van der Waals surface area contributed by atoms with Crippen LogP contribution < -0.4 is 15.2 Å². The first-order chi connectivity index (χ1) is 16.7. The number of hydrogen-bond acceptors (Lipinski definition) is 6. The van der Waals surface area contributed by atoms with Crippen LogP contribution in [-0.2, 0) is 16.6 Å². The van der Waals surface area contributed by atoms with Gasteiger partial charge < -0.3 is 19.7 Å². The van der Waals surface area contributed by atoms with E-state index in [1.165, 1.54) is 4.31 Å². The van der Waals surface area contributed by atoms with Gasteiger partial charge in [0.15, 0.2) is 0 Å². The summed E-state index contributed by atoms with van der Waals surface area (Å²) in [7, 11) is -2.00. The van der Waals surface area contributed by atoms with Gasteiger partial charge in [0, 0.05) is 31.3 Å². The molecule has 1 aromatic heterocycles. The predicted molar refractivity (Wildman–Crippen MR) is 136 cm³/mol. The first-order valence-electron chi connectivity index (χ1n) is 12.0. The van der Waals surface area contributed by atoms with E-state index in [1.807, 2.05) is 37.1 Å². The third-order valence-electron chi connectivity index (χ3n) is 7.20. The van der Waals surface area contributed by atoms with E-state index < -0.39 is 16.1 Å². The van der Waals surface area contributed by atoms with E-state index in [4.69, 9.17) is 4.74 Å². The maximum atomic E-state index is 14.0. The maximum absolute atomic E-state index is 14.0. The number of benzene rings is 2. The van der Waals surface area contributed by atoms with Crippen molar-refractivity contribution in [2.24, 2.45) is 0 Å². The van der Waals surface area contributed by atoms with Gasteiger partial charge in [-0.05, 0) is 61.8 Å². The average Bonchev–Trinajstić information content (AvgIpc) is 2.84. The van der Waals surface area contributed by atoms with Crippen LogP contribution in [0.2, 0.25) is 0 Å². The monoisotopic (exact) mass is 497 g/mol. The van der Waals surface area contributed by atoms with Gasteiger partial charge >= 0.3 is 0 Å². The summed E-state index contributed by atoms with van der Waals surface area (Å²) in [6.07, 6.45) is 1.71. The molecule has 3 aromatic rings. The molecule has 186 valence electrons. The average molecular weight is 498 g/mol. The SMILES string of the molecule is Cc1cccc2cc(CN(C3CCC(O)CC3)S(=O)(=O)c3ccc4c(c3)OCCN4C)c(=O)[nH]c12.